The molecule has 2 unspecified atom stereocenters. The number of nitrogens with one attached hydrogen (secondary N) is 2. The summed E-state index contributed by atoms with van der Waals surface area (Å²) in [7, 11) is 1.52. The molecule has 1 fully saturated rings. The van der Waals surface area contributed by atoms with E-state index in [-0.39, 0.29) is 23.3 Å². The topological polar surface area (TPSA) is 57.4 Å². The van der Waals surface area contributed by atoms with Crippen LogP contribution in [0.3, 0.4) is 0 Å². The zero-order chi connectivity index (χ0) is 23.5. The second kappa shape index (κ2) is 9.70. The maximum atomic E-state index is 14.7. The number of ether oxygens (including phenoxy) is 1. The van der Waals surface area contributed by atoms with Crippen molar-refractivity contribution < 1.29 is 18.3 Å². The summed E-state index contributed by atoms with van der Waals surface area (Å²) in [4.78, 5) is 16.5. The number of amides is 1. The molecule has 3 aromatic rings. The van der Waals surface area contributed by atoms with E-state index in [1.165, 1.54) is 25.3 Å². The molecule has 5 nitrogen and oxygen atoms in total. The van der Waals surface area contributed by atoms with Crippen molar-refractivity contribution in [3.8, 4) is 5.75 Å². The fourth-order valence-corrected chi connectivity index (χ4v) is 4.63. The Morgan fingerprint density at radius 1 is 1.18 bits per heavy atom. The monoisotopic (exact) mass is 469 g/mol. The Morgan fingerprint density at radius 2 is 1.94 bits per heavy atom. The van der Waals surface area contributed by atoms with Gasteiger partial charge in [0.25, 0.3) is 0 Å². The van der Waals surface area contributed by atoms with Crippen LogP contribution in [0.1, 0.15) is 34.9 Å². The van der Waals surface area contributed by atoms with Gasteiger partial charge in [0.05, 0.1) is 12.8 Å². The standard InChI is InChI=1S/C25H25F2N3O2S/c1-15-24(29-23-11-18(32-2)7-8-22(23)27)20(12-28-25(15)33)21-13-30(14-31)10-9-19(21)16-3-5-17(26)6-4-16/h3-8,11-12,14,19,21H,9-10,13H2,1-2H3,(H2,28,29,33). The van der Waals surface area contributed by atoms with Crippen molar-refractivity contribution in [3.05, 3.63) is 81.6 Å². The lowest BCUT2D eigenvalue weighted by Crippen LogP contribution is -2.37. The molecule has 33 heavy (non-hydrogen) atoms. The fourth-order valence-electron chi connectivity index (χ4n) is 4.47. The van der Waals surface area contributed by atoms with E-state index in [2.05, 4.69) is 10.3 Å². The molecule has 1 aliphatic heterocycles. The van der Waals surface area contributed by atoms with Crippen molar-refractivity contribution in [1.29, 1.82) is 0 Å². The summed E-state index contributed by atoms with van der Waals surface area (Å²) in [6, 6.07) is 11.0. The smallest absolute Gasteiger partial charge is 0.209 e. The number of benzene rings is 2. The SMILES string of the molecule is COc1ccc(F)c(Nc2c(C3CN(C=O)CCC3c3ccc(F)cc3)c[nH]c(=S)c2C)c1. The van der Waals surface area contributed by atoms with E-state index in [1.54, 1.807) is 29.2 Å². The highest BCUT2D eigenvalue weighted by atomic mass is 32.1. The van der Waals surface area contributed by atoms with Crippen LogP contribution < -0.4 is 10.1 Å². The second-order valence-electron chi connectivity index (χ2n) is 8.20. The zero-order valence-electron chi connectivity index (χ0n) is 18.4. The predicted molar refractivity (Wildman–Crippen MR) is 127 cm³/mol. The molecule has 0 spiro atoms. The Morgan fingerprint density at radius 3 is 2.64 bits per heavy atom. The van der Waals surface area contributed by atoms with E-state index < -0.39 is 5.82 Å². The minimum atomic E-state index is -0.423. The van der Waals surface area contributed by atoms with Crippen LogP contribution in [0.2, 0.25) is 0 Å². The molecule has 8 heteroatoms. The van der Waals surface area contributed by atoms with Crippen molar-refractivity contribution >= 4 is 30.0 Å². The van der Waals surface area contributed by atoms with Crippen LogP contribution in [-0.4, -0.2) is 36.5 Å². The summed E-state index contributed by atoms with van der Waals surface area (Å²) in [5.74, 6) is -0.269. The molecule has 172 valence electrons. The number of hydrogen-bond donors (Lipinski definition) is 2. The number of rotatable bonds is 6. The van der Waals surface area contributed by atoms with Crippen LogP contribution in [0.4, 0.5) is 20.2 Å². The average molecular weight is 470 g/mol. The summed E-state index contributed by atoms with van der Waals surface area (Å²) in [6.07, 6.45) is 3.39. The number of carbonyl (C=O) groups is 1. The van der Waals surface area contributed by atoms with E-state index in [0.29, 0.717) is 29.2 Å². The van der Waals surface area contributed by atoms with Crippen molar-refractivity contribution in [2.45, 2.75) is 25.2 Å². The zero-order valence-corrected chi connectivity index (χ0v) is 19.2. The van der Waals surface area contributed by atoms with Crippen molar-refractivity contribution in [2.24, 2.45) is 0 Å². The third-order valence-electron chi connectivity index (χ3n) is 6.29. The van der Waals surface area contributed by atoms with Crippen LogP contribution in [-0.2, 0) is 4.79 Å². The van der Waals surface area contributed by atoms with E-state index in [0.717, 1.165) is 29.5 Å². The van der Waals surface area contributed by atoms with Gasteiger partial charge in [-0.2, -0.15) is 0 Å². The highest BCUT2D eigenvalue weighted by Gasteiger charge is 2.33. The number of aromatic nitrogens is 1. The molecule has 0 saturated carbocycles. The first-order valence-electron chi connectivity index (χ1n) is 10.7. The molecule has 2 N–H and O–H groups in total. The third kappa shape index (κ3) is 4.75. The minimum Gasteiger partial charge on any atom is -0.497 e. The van der Waals surface area contributed by atoms with Gasteiger partial charge in [-0.3, -0.25) is 4.79 Å². The lowest BCUT2D eigenvalue weighted by molar-refractivity contribution is -0.119. The number of piperidine rings is 1. The largest absolute Gasteiger partial charge is 0.497 e. The Labute approximate surface area is 196 Å². The van der Waals surface area contributed by atoms with Crippen LogP contribution in [0.15, 0.2) is 48.7 Å². The average Bonchev–Trinajstić information content (AvgIpc) is 2.83. The third-order valence-corrected chi connectivity index (χ3v) is 6.71. The molecule has 2 aromatic carbocycles. The lowest BCUT2D eigenvalue weighted by atomic mass is 9.76. The van der Waals surface area contributed by atoms with Gasteiger partial charge in [-0.25, -0.2) is 8.78 Å². The number of methoxy groups -OCH3 is 1. The predicted octanol–water partition coefficient (Wildman–Crippen LogP) is 5.81. The highest BCUT2D eigenvalue weighted by Crippen LogP contribution is 2.43. The number of carbonyl (C=O) groups excluding carboxylic acids is 1. The number of likely N-dealkylation sites (tertiary alicyclic amines) is 1. The molecule has 1 saturated heterocycles. The minimum absolute atomic E-state index is 0.0428. The van der Waals surface area contributed by atoms with E-state index >= 15 is 0 Å². The molecular weight excluding hydrogens is 444 g/mol. The molecule has 1 aliphatic rings. The first kappa shape index (κ1) is 22.9. The molecule has 2 heterocycles. The van der Waals surface area contributed by atoms with Gasteiger partial charge in [0.1, 0.15) is 22.0 Å². The molecule has 0 radical (unpaired) electrons. The number of nitrogens with zero attached hydrogens (tertiary/aromatic N) is 1. The van der Waals surface area contributed by atoms with Gasteiger partial charge in [0.15, 0.2) is 0 Å². The van der Waals surface area contributed by atoms with E-state index in [1.807, 2.05) is 13.1 Å². The fraction of sp³-hybridized carbons (Fsp3) is 0.280. The molecule has 1 aromatic heterocycles. The number of hydrogen-bond acceptors (Lipinski definition) is 4. The van der Waals surface area contributed by atoms with Crippen LogP contribution in [0.25, 0.3) is 0 Å². The van der Waals surface area contributed by atoms with Crippen molar-refractivity contribution in [3.63, 3.8) is 0 Å². The van der Waals surface area contributed by atoms with Crippen LogP contribution in [0, 0.1) is 23.2 Å². The summed E-state index contributed by atoms with van der Waals surface area (Å²) in [5.41, 5.74) is 3.59. The maximum absolute atomic E-state index is 14.7. The molecule has 0 aliphatic carbocycles. The summed E-state index contributed by atoms with van der Waals surface area (Å²) in [6.45, 7) is 2.96. The first-order chi connectivity index (χ1) is 15.9. The first-order valence-corrected chi connectivity index (χ1v) is 11.1. The van der Waals surface area contributed by atoms with Crippen molar-refractivity contribution in [1.82, 2.24) is 9.88 Å². The molecule has 0 bridgehead atoms. The van der Waals surface area contributed by atoms with Gasteiger partial charge < -0.3 is 19.9 Å². The van der Waals surface area contributed by atoms with Gasteiger partial charge in [-0.05, 0) is 54.7 Å². The number of H-pyrrole nitrogens is 1. The van der Waals surface area contributed by atoms with Crippen LogP contribution >= 0.6 is 12.2 Å². The van der Waals surface area contributed by atoms with E-state index in [9.17, 15) is 13.6 Å². The molecular formula is C25H25F2N3O2S. The number of pyridine rings is 1. The second-order valence-corrected chi connectivity index (χ2v) is 8.61. The molecule has 4 rings (SSSR count). The maximum Gasteiger partial charge on any atom is 0.209 e. The van der Waals surface area contributed by atoms with Crippen LogP contribution in [0.5, 0.6) is 5.75 Å². The molecule has 1 amide bonds. The quantitative estimate of drug-likeness (QED) is 0.353. The Bertz CT molecular complexity index is 1210. The van der Waals surface area contributed by atoms with Gasteiger partial charge in [-0.15, -0.1) is 0 Å². The summed E-state index contributed by atoms with van der Waals surface area (Å²) < 4.78 is 34.0. The van der Waals surface area contributed by atoms with Gasteiger partial charge in [0, 0.05) is 42.5 Å². The number of anilines is 2. The Kier molecular flexibility index (Phi) is 6.74. The van der Waals surface area contributed by atoms with E-state index in [4.69, 9.17) is 17.0 Å². The summed E-state index contributed by atoms with van der Waals surface area (Å²) in [5, 5.41) is 3.23. The number of aromatic amines is 1. The van der Waals surface area contributed by atoms with Crippen molar-refractivity contribution in [2.75, 3.05) is 25.5 Å². The lowest BCUT2D eigenvalue weighted by Gasteiger charge is -2.38. The van der Waals surface area contributed by atoms with Gasteiger partial charge in [0.2, 0.25) is 6.41 Å². The Hall–Kier alpha value is -3.26. The molecule has 2 atom stereocenters. The Balaban J connectivity index is 1.82. The number of halogens is 2. The van der Waals surface area contributed by atoms with Gasteiger partial charge >= 0.3 is 0 Å². The van der Waals surface area contributed by atoms with Gasteiger partial charge in [-0.1, -0.05) is 24.4 Å². The highest BCUT2D eigenvalue weighted by molar-refractivity contribution is 7.71. The normalized spacial score (nSPS) is 18.1. The summed E-state index contributed by atoms with van der Waals surface area (Å²) >= 11 is 5.46.